The summed E-state index contributed by atoms with van der Waals surface area (Å²) in [6.45, 7) is 2.07. The van der Waals surface area contributed by atoms with Crippen molar-refractivity contribution >= 4 is 17.4 Å². The van der Waals surface area contributed by atoms with Gasteiger partial charge in [0, 0.05) is 10.4 Å². The number of nitrogens with one attached hydrogen (secondary N) is 2. The van der Waals surface area contributed by atoms with Crippen molar-refractivity contribution in [3.8, 4) is 11.8 Å². The summed E-state index contributed by atoms with van der Waals surface area (Å²) in [6.07, 6.45) is 0. The third-order valence-corrected chi connectivity index (χ3v) is 4.11. The average Bonchev–Trinajstić information content (AvgIpc) is 3.06. The number of hydrogen-bond acceptors (Lipinski definition) is 3. The Morgan fingerprint density at radius 3 is 2.68 bits per heavy atom. The van der Waals surface area contributed by atoms with Crippen molar-refractivity contribution < 1.29 is 9.90 Å². The molecule has 2 amide bonds. The minimum absolute atomic E-state index is 0.144. The van der Waals surface area contributed by atoms with Crippen LogP contribution in [-0.2, 0) is 5.60 Å². The van der Waals surface area contributed by atoms with E-state index in [0.29, 0.717) is 0 Å². The predicted molar refractivity (Wildman–Crippen MR) is 88.6 cm³/mol. The van der Waals surface area contributed by atoms with E-state index in [9.17, 15) is 9.90 Å². The Hall–Kier alpha value is -2.29. The van der Waals surface area contributed by atoms with Crippen molar-refractivity contribution in [3.63, 3.8) is 0 Å². The van der Waals surface area contributed by atoms with Crippen molar-refractivity contribution in [2.24, 2.45) is 0 Å². The number of carbonyl (C=O) groups is 1. The molecule has 0 aliphatic carbocycles. The van der Waals surface area contributed by atoms with E-state index in [2.05, 4.69) is 22.5 Å². The maximum Gasteiger partial charge on any atom is 0.315 e. The van der Waals surface area contributed by atoms with Crippen LogP contribution in [0.5, 0.6) is 0 Å². The van der Waals surface area contributed by atoms with E-state index in [1.165, 1.54) is 11.3 Å². The maximum absolute atomic E-state index is 11.7. The lowest BCUT2D eigenvalue weighted by atomic mass is 10.1. The monoisotopic (exact) mass is 314 g/mol. The molecule has 4 nitrogen and oxygen atoms in total. The van der Waals surface area contributed by atoms with Crippen LogP contribution in [0.25, 0.3) is 0 Å². The Kier molecular flexibility index (Phi) is 5.59. The molecule has 0 fully saturated rings. The van der Waals surface area contributed by atoms with Crippen LogP contribution in [0.2, 0.25) is 0 Å². The first-order chi connectivity index (χ1) is 10.6. The third kappa shape index (κ3) is 4.92. The van der Waals surface area contributed by atoms with Gasteiger partial charge in [-0.15, -0.1) is 11.3 Å². The Labute approximate surface area is 134 Å². The van der Waals surface area contributed by atoms with Gasteiger partial charge in [-0.2, -0.15) is 0 Å². The highest BCUT2D eigenvalue weighted by atomic mass is 32.1. The summed E-state index contributed by atoms with van der Waals surface area (Å²) in [5.74, 6) is 5.83. The summed E-state index contributed by atoms with van der Waals surface area (Å²) in [7, 11) is 0. The lowest BCUT2D eigenvalue weighted by molar-refractivity contribution is 0.0632. The van der Waals surface area contributed by atoms with E-state index in [4.69, 9.17) is 0 Å². The molecule has 3 N–H and O–H groups in total. The van der Waals surface area contributed by atoms with E-state index < -0.39 is 5.60 Å². The molecule has 0 aliphatic rings. The topological polar surface area (TPSA) is 61.4 Å². The third-order valence-electron chi connectivity index (χ3n) is 2.99. The number of hydrogen-bond donors (Lipinski definition) is 3. The van der Waals surface area contributed by atoms with Crippen LogP contribution in [0.4, 0.5) is 4.79 Å². The second-order valence-electron chi connectivity index (χ2n) is 4.96. The zero-order valence-electron chi connectivity index (χ0n) is 12.3. The number of rotatable bonds is 4. The zero-order valence-corrected chi connectivity index (χ0v) is 13.1. The average molecular weight is 314 g/mol. The van der Waals surface area contributed by atoms with Crippen LogP contribution < -0.4 is 10.6 Å². The summed E-state index contributed by atoms with van der Waals surface area (Å²) in [5, 5.41) is 17.5. The molecule has 0 aliphatic heterocycles. The van der Waals surface area contributed by atoms with Gasteiger partial charge in [0.2, 0.25) is 0 Å². The van der Waals surface area contributed by atoms with Gasteiger partial charge in [0.15, 0.2) is 0 Å². The minimum atomic E-state index is -1.07. The maximum atomic E-state index is 11.7. The van der Waals surface area contributed by atoms with Gasteiger partial charge < -0.3 is 15.7 Å². The van der Waals surface area contributed by atoms with Crippen LogP contribution in [0.3, 0.4) is 0 Å². The summed E-state index contributed by atoms with van der Waals surface area (Å²) < 4.78 is 0. The highest BCUT2D eigenvalue weighted by molar-refractivity contribution is 7.10. The van der Waals surface area contributed by atoms with Crippen molar-refractivity contribution in [2.45, 2.75) is 12.5 Å². The Morgan fingerprint density at radius 2 is 2.00 bits per heavy atom. The first kappa shape index (κ1) is 16.1. The molecule has 0 saturated carbocycles. The fraction of sp³-hybridized carbons (Fsp3) is 0.235. The van der Waals surface area contributed by atoms with Gasteiger partial charge in [-0.1, -0.05) is 36.1 Å². The van der Waals surface area contributed by atoms with Gasteiger partial charge in [-0.05, 0) is 30.5 Å². The number of amides is 2. The molecule has 1 aromatic carbocycles. The normalized spacial score (nSPS) is 12.6. The largest absolute Gasteiger partial charge is 0.383 e. The lowest BCUT2D eigenvalue weighted by Gasteiger charge is -2.22. The smallest absolute Gasteiger partial charge is 0.315 e. The number of urea groups is 1. The van der Waals surface area contributed by atoms with Crippen LogP contribution in [0.1, 0.15) is 17.4 Å². The molecule has 0 bridgehead atoms. The molecule has 1 heterocycles. The van der Waals surface area contributed by atoms with Crippen molar-refractivity contribution in [2.75, 3.05) is 13.1 Å². The van der Waals surface area contributed by atoms with E-state index in [1.54, 1.807) is 6.92 Å². The minimum Gasteiger partial charge on any atom is -0.383 e. The fourth-order valence-electron chi connectivity index (χ4n) is 1.78. The molecule has 0 saturated heterocycles. The van der Waals surface area contributed by atoms with Gasteiger partial charge in [0.05, 0.1) is 13.1 Å². The quantitative estimate of drug-likeness (QED) is 0.758. The van der Waals surface area contributed by atoms with Gasteiger partial charge in [-0.25, -0.2) is 4.79 Å². The molecule has 0 spiro atoms. The molecule has 2 rings (SSSR count). The van der Waals surface area contributed by atoms with Gasteiger partial charge >= 0.3 is 6.03 Å². The van der Waals surface area contributed by atoms with Crippen LogP contribution in [0.15, 0.2) is 47.8 Å². The summed E-state index contributed by atoms with van der Waals surface area (Å²) in [6, 6.07) is 12.9. The number of benzene rings is 1. The van der Waals surface area contributed by atoms with E-state index in [1.807, 2.05) is 47.8 Å². The molecule has 1 aromatic heterocycles. The Bertz CT molecular complexity index is 655. The number of thiophene rings is 1. The molecule has 114 valence electrons. The Balaban J connectivity index is 1.74. The predicted octanol–water partition coefficient (Wildman–Crippen LogP) is 2.31. The lowest BCUT2D eigenvalue weighted by Crippen LogP contribution is -2.43. The summed E-state index contributed by atoms with van der Waals surface area (Å²) in [4.78, 5) is 12.5. The molecule has 2 aromatic rings. The van der Waals surface area contributed by atoms with E-state index in [-0.39, 0.29) is 19.1 Å². The molecule has 1 atom stereocenters. The molecular weight excluding hydrogens is 296 g/mol. The van der Waals surface area contributed by atoms with E-state index >= 15 is 0 Å². The second kappa shape index (κ2) is 7.64. The first-order valence-corrected chi connectivity index (χ1v) is 7.78. The highest BCUT2D eigenvalue weighted by Crippen LogP contribution is 2.24. The van der Waals surface area contributed by atoms with Crippen LogP contribution in [0, 0.1) is 11.8 Å². The van der Waals surface area contributed by atoms with Crippen LogP contribution >= 0.6 is 11.3 Å². The molecule has 0 unspecified atom stereocenters. The standard InChI is InChI=1S/C17H18N2O2S/c1-17(21,15-10-6-12-22-15)13-19-16(20)18-11-5-9-14-7-3-2-4-8-14/h2-4,6-8,10,12,21H,11,13H2,1H3,(H2,18,19,20)/t17-/m1/s1. The molecule has 0 radical (unpaired) electrons. The van der Waals surface area contributed by atoms with Crippen molar-refractivity contribution in [1.82, 2.24) is 10.6 Å². The van der Waals surface area contributed by atoms with Crippen molar-refractivity contribution in [1.29, 1.82) is 0 Å². The molecule has 5 heteroatoms. The zero-order chi connectivity index (χ0) is 15.8. The van der Waals surface area contributed by atoms with Crippen molar-refractivity contribution in [3.05, 3.63) is 58.3 Å². The highest BCUT2D eigenvalue weighted by Gasteiger charge is 2.24. The molecule has 22 heavy (non-hydrogen) atoms. The fourth-order valence-corrected chi connectivity index (χ4v) is 2.57. The number of aliphatic hydroxyl groups is 1. The Morgan fingerprint density at radius 1 is 1.23 bits per heavy atom. The molecular formula is C17H18N2O2S. The number of carbonyl (C=O) groups excluding carboxylic acids is 1. The van der Waals surface area contributed by atoms with Gasteiger partial charge in [0.25, 0.3) is 0 Å². The van der Waals surface area contributed by atoms with Crippen LogP contribution in [-0.4, -0.2) is 24.2 Å². The van der Waals surface area contributed by atoms with Gasteiger partial charge in [-0.3, -0.25) is 0 Å². The van der Waals surface area contributed by atoms with Gasteiger partial charge in [0.1, 0.15) is 5.60 Å². The second-order valence-corrected chi connectivity index (χ2v) is 5.90. The summed E-state index contributed by atoms with van der Waals surface area (Å²) in [5.41, 5.74) is -0.161. The van der Waals surface area contributed by atoms with E-state index in [0.717, 1.165) is 10.4 Å². The summed E-state index contributed by atoms with van der Waals surface area (Å²) >= 11 is 1.46. The first-order valence-electron chi connectivity index (χ1n) is 6.90. The SMILES string of the molecule is C[C@@](O)(CNC(=O)NCC#Cc1ccccc1)c1cccs1.